The minimum Gasteiger partial charge on any atom is -0.350 e. The van der Waals surface area contributed by atoms with E-state index in [-0.39, 0.29) is 23.9 Å². The quantitative estimate of drug-likeness (QED) is 0.365. The smallest absolute Gasteiger partial charge is 0.270 e. The Balaban J connectivity index is 1.42. The molecule has 0 aliphatic carbocycles. The molecule has 0 fully saturated rings. The first-order valence-corrected chi connectivity index (χ1v) is 13.2. The second-order valence-electron chi connectivity index (χ2n) is 8.89. The van der Waals surface area contributed by atoms with Gasteiger partial charge in [0, 0.05) is 41.3 Å². The Hall–Kier alpha value is -3.69. The zero-order valence-electron chi connectivity index (χ0n) is 20.3. The van der Waals surface area contributed by atoms with Crippen LogP contribution in [0.25, 0.3) is 17.0 Å². The average molecular weight is 533 g/mol. The van der Waals surface area contributed by atoms with E-state index in [4.69, 9.17) is 21.6 Å². The molecule has 3 aromatic heterocycles. The number of carbonyl (C=O) groups is 2. The van der Waals surface area contributed by atoms with Gasteiger partial charge in [-0.25, -0.2) is 4.98 Å². The number of imidazole rings is 1. The number of hydrogen-bond acceptors (Lipinski definition) is 6. The highest BCUT2D eigenvalue weighted by atomic mass is 35.5. The summed E-state index contributed by atoms with van der Waals surface area (Å²) >= 11 is 7.76. The minimum atomic E-state index is -0.286. The number of nitrogens with one attached hydrogen (secondary N) is 2. The van der Waals surface area contributed by atoms with Crippen molar-refractivity contribution in [1.82, 2.24) is 25.0 Å². The van der Waals surface area contributed by atoms with Crippen molar-refractivity contribution in [2.24, 2.45) is 4.99 Å². The predicted molar refractivity (Wildman–Crippen MR) is 148 cm³/mol. The zero-order valence-corrected chi connectivity index (χ0v) is 21.9. The van der Waals surface area contributed by atoms with Crippen molar-refractivity contribution in [3.05, 3.63) is 88.8 Å². The van der Waals surface area contributed by atoms with Crippen LogP contribution in [0.15, 0.2) is 72.0 Å². The molecule has 1 aliphatic heterocycles. The van der Waals surface area contributed by atoms with Gasteiger partial charge in [0.2, 0.25) is 0 Å². The van der Waals surface area contributed by atoms with Crippen LogP contribution in [0.5, 0.6) is 0 Å². The Bertz CT molecular complexity index is 1500. The SMILES string of the molecule is CC(C)NC(=O)c1c(-c2ccccn2)nc2c(C(=O)NCC3CSC(c4cccc(Cl)c4)=N3)cccn12. The molecular formula is C27H25ClN6O2S. The van der Waals surface area contributed by atoms with Crippen LogP contribution in [0.4, 0.5) is 0 Å². The van der Waals surface area contributed by atoms with Gasteiger partial charge in [-0.3, -0.25) is 24.0 Å². The van der Waals surface area contributed by atoms with Crippen LogP contribution >= 0.6 is 23.4 Å². The minimum absolute atomic E-state index is 0.0566. The topological polar surface area (TPSA) is 101 Å². The summed E-state index contributed by atoms with van der Waals surface area (Å²) in [5.74, 6) is 0.195. The second-order valence-corrected chi connectivity index (χ2v) is 10.3. The summed E-state index contributed by atoms with van der Waals surface area (Å²) in [7, 11) is 0. The second kappa shape index (κ2) is 10.7. The number of carbonyl (C=O) groups excluding carboxylic acids is 2. The van der Waals surface area contributed by atoms with E-state index < -0.39 is 0 Å². The number of fused-ring (bicyclic) bond motifs is 1. The first kappa shape index (κ1) is 25.0. The summed E-state index contributed by atoms with van der Waals surface area (Å²) in [6, 6.07) is 16.3. The number of hydrogen-bond donors (Lipinski definition) is 2. The van der Waals surface area contributed by atoms with Crippen molar-refractivity contribution in [3.63, 3.8) is 0 Å². The number of aliphatic imine (C=N–C) groups is 1. The van der Waals surface area contributed by atoms with Crippen LogP contribution in [0.1, 0.15) is 40.3 Å². The summed E-state index contributed by atoms with van der Waals surface area (Å²) in [5, 5.41) is 7.50. The highest BCUT2D eigenvalue weighted by Gasteiger charge is 2.26. The fraction of sp³-hybridized carbons (Fsp3) is 0.222. The number of aromatic nitrogens is 3. The molecule has 0 bridgehead atoms. The molecule has 8 nitrogen and oxygen atoms in total. The molecule has 0 saturated heterocycles. The molecule has 0 spiro atoms. The molecule has 188 valence electrons. The molecule has 5 rings (SSSR count). The largest absolute Gasteiger partial charge is 0.350 e. The van der Waals surface area contributed by atoms with E-state index in [2.05, 4.69) is 15.6 Å². The van der Waals surface area contributed by atoms with Crippen molar-refractivity contribution < 1.29 is 9.59 Å². The lowest BCUT2D eigenvalue weighted by Crippen LogP contribution is -2.32. The monoisotopic (exact) mass is 532 g/mol. The van der Waals surface area contributed by atoms with E-state index in [1.807, 2.05) is 44.2 Å². The van der Waals surface area contributed by atoms with Gasteiger partial charge in [-0.05, 0) is 50.2 Å². The lowest BCUT2D eigenvalue weighted by atomic mass is 10.2. The molecule has 2 N–H and O–H groups in total. The van der Waals surface area contributed by atoms with Crippen molar-refractivity contribution in [3.8, 4) is 11.4 Å². The van der Waals surface area contributed by atoms with Gasteiger partial charge in [0.25, 0.3) is 11.8 Å². The average Bonchev–Trinajstić information content (AvgIpc) is 3.52. The molecule has 0 radical (unpaired) electrons. The van der Waals surface area contributed by atoms with Crippen LogP contribution in [0.3, 0.4) is 0 Å². The summed E-state index contributed by atoms with van der Waals surface area (Å²) in [4.78, 5) is 40.3. The van der Waals surface area contributed by atoms with Gasteiger partial charge in [-0.2, -0.15) is 0 Å². The lowest BCUT2D eigenvalue weighted by Gasteiger charge is -2.11. The summed E-state index contributed by atoms with van der Waals surface area (Å²) in [5.41, 5.74) is 3.04. The molecule has 37 heavy (non-hydrogen) atoms. The van der Waals surface area contributed by atoms with E-state index in [9.17, 15) is 9.59 Å². The van der Waals surface area contributed by atoms with E-state index in [0.29, 0.717) is 39.9 Å². The third kappa shape index (κ3) is 5.38. The van der Waals surface area contributed by atoms with Gasteiger partial charge < -0.3 is 10.6 Å². The summed E-state index contributed by atoms with van der Waals surface area (Å²) < 4.78 is 1.65. The number of pyridine rings is 2. The third-order valence-corrected chi connectivity index (χ3v) is 7.12. The van der Waals surface area contributed by atoms with Crippen LogP contribution in [-0.4, -0.2) is 55.6 Å². The van der Waals surface area contributed by atoms with Crippen molar-refractivity contribution in [1.29, 1.82) is 0 Å². The standard InChI is InChI=1S/C27H25ClN6O2S/c1-16(2)31-26(36)23-22(21-10-3-4-11-29-21)33-24-20(9-6-12-34(23)24)25(35)30-14-19-15-37-27(32-19)17-7-5-8-18(28)13-17/h3-13,16,19H,14-15H2,1-2H3,(H,30,35)(H,31,36). The predicted octanol–water partition coefficient (Wildman–Crippen LogP) is 4.48. The molecule has 1 unspecified atom stereocenters. The maximum Gasteiger partial charge on any atom is 0.270 e. The zero-order chi connectivity index (χ0) is 25.9. The number of benzene rings is 1. The van der Waals surface area contributed by atoms with Crippen molar-refractivity contribution >= 4 is 45.9 Å². The summed E-state index contributed by atoms with van der Waals surface area (Å²) in [6.45, 7) is 4.16. The molecule has 10 heteroatoms. The molecule has 1 aliphatic rings. The van der Waals surface area contributed by atoms with Gasteiger partial charge in [-0.1, -0.05) is 29.8 Å². The highest BCUT2D eigenvalue weighted by Crippen LogP contribution is 2.26. The van der Waals surface area contributed by atoms with Crippen LogP contribution < -0.4 is 10.6 Å². The van der Waals surface area contributed by atoms with Gasteiger partial charge in [0.15, 0.2) is 5.65 Å². The fourth-order valence-electron chi connectivity index (χ4n) is 4.08. The number of halogens is 1. The Labute approximate surface area is 223 Å². The Kier molecular flexibility index (Phi) is 7.25. The maximum absolute atomic E-state index is 13.3. The molecule has 1 aromatic carbocycles. The number of thioether (sulfide) groups is 1. The van der Waals surface area contributed by atoms with Gasteiger partial charge >= 0.3 is 0 Å². The van der Waals surface area contributed by atoms with E-state index >= 15 is 0 Å². The van der Waals surface area contributed by atoms with E-state index in [0.717, 1.165) is 16.4 Å². The van der Waals surface area contributed by atoms with E-state index in [1.165, 1.54) is 0 Å². The molecular weight excluding hydrogens is 508 g/mol. The molecule has 0 saturated carbocycles. The van der Waals surface area contributed by atoms with E-state index in [1.54, 1.807) is 52.8 Å². The third-order valence-electron chi connectivity index (χ3n) is 5.72. The van der Waals surface area contributed by atoms with Crippen molar-refractivity contribution in [2.45, 2.75) is 25.9 Å². The number of nitrogens with zero attached hydrogens (tertiary/aromatic N) is 4. The van der Waals surface area contributed by atoms with Crippen LogP contribution in [-0.2, 0) is 0 Å². The number of amides is 2. The molecule has 4 heterocycles. The maximum atomic E-state index is 13.3. The fourth-order valence-corrected chi connectivity index (χ4v) is 5.33. The number of rotatable bonds is 7. The lowest BCUT2D eigenvalue weighted by molar-refractivity contribution is 0.0932. The molecule has 4 aromatic rings. The van der Waals surface area contributed by atoms with Gasteiger partial charge in [0.05, 0.1) is 22.3 Å². The van der Waals surface area contributed by atoms with Crippen LogP contribution in [0, 0.1) is 0 Å². The first-order chi connectivity index (χ1) is 17.9. The highest BCUT2D eigenvalue weighted by molar-refractivity contribution is 8.14. The normalized spacial score (nSPS) is 15.1. The Morgan fingerprint density at radius 3 is 2.76 bits per heavy atom. The molecule has 1 atom stereocenters. The Morgan fingerprint density at radius 2 is 2.00 bits per heavy atom. The first-order valence-electron chi connectivity index (χ1n) is 11.9. The Morgan fingerprint density at radius 1 is 1.14 bits per heavy atom. The summed E-state index contributed by atoms with van der Waals surface area (Å²) in [6.07, 6.45) is 3.38. The van der Waals surface area contributed by atoms with Gasteiger partial charge in [0.1, 0.15) is 11.4 Å². The molecule has 2 amide bonds. The van der Waals surface area contributed by atoms with Crippen LogP contribution in [0.2, 0.25) is 5.02 Å². The van der Waals surface area contributed by atoms with Crippen molar-refractivity contribution in [2.75, 3.05) is 12.3 Å². The van der Waals surface area contributed by atoms with Gasteiger partial charge in [-0.15, -0.1) is 11.8 Å².